The molecule has 0 aliphatic heterocycles. The van der Waals surface area contributed by atoms with Gasteiger partial charge in [0.1, 0.15) is 0 Å². The molecule has 3 amide bonds. The number of aromatic nitrogens is 2. The van der Waals surface area contributed by atoms with E-state index in [1.165, 1.54) is 23.1 Å². The topological polar surface area (TPSA) is 96.0 Å². The Hall–Kier alpha value is -2.91. The van der Waals surface area contributed by atoms with Crippen LogP contribution in [0.1, 0.15) is 11.1 Å². The van der Waals surface area contributed by atoms with Gasteiger partial charge in [-0.1, -0.05) is 71.6 Å². The van der Waals surface area contributed by atoms with E-state index >= 15 is 0 Å². The fraction of sp³-hybridized carbons (Fsp3) is 0.158. The van der Waals surface area contributed by atoms with Crippen LogP contribution in [0.5, 0.6) is 0 Å². The van der Waals surface area contributed by atoms with Gasteiger partial charge in [0.2, 0.25) is 11.0 Å². The quantitative estimate of drug-likeness (QED) is 0.511. The van der Waals surface area contributed by atoms with Gasteiger partial charge in [-0.25, -0.2) is 4.79 Å². The van der Waals surface area contributed by atoms with Gasteiger partial charge < -0.3 is 10.6 Å². The Labute approximate surface area is 171 Å². The smallest absolute Gasteiger partial charge is 0.321 e. The van der Waals surface area contributed by atoms with E-state index in [4.69, 9.17) is 0 Å². The zero-order valence-corrected chi connectivity index (χ0v) is 16.8. The van der Waals surface area contributed by atoms with Gasteiger partial charge in [0, 0.05) is 12.2 Å². The fourth-order valence-corrected chi connectivity index (χ4v) is 3.82. The van der Waals surface area contributed by atoms with E-state index in [9.17, 15) is 9.59 Å². The van der Waals surface area contributed by atoms with E-state index in [2.05, 4.69) is 26.1 Å². The van der Waals surface area contributed by atoms with Crippen LogP contribution in [0, 0.1) is 6.92 Å². The van der Waals surface area contributed by atoms with Gasteiger partial charge in [0.05, 0.1) is 5.75 Å². The first kappa shape index (κ1) is 19.8. The van der Waals surface area contributed by atoms with E-state index < -0.39 is 6.03 Å². The number of nitrogens with one attached hydrogen (secondary N) is 3. The minimum Gasteiger partial charge on any atom is -0.334 e. The van der Waals surface area contributed by atoms with E-state index in [1.54, 1.807) is 0 Å². The Morgan fingerprint density at radius 2 is 1.79 bits per heavy atom. The highest BCUT2D eigenvalue weighted by Crippen LogP contribution is 2.28. The Morgan fingerprint density at radius 1 is 1.04 bits per heavy atom. The number of benzene rings is 2. The summed E-state index contributed by atoms with van der Waals surface area (Å²) in [5.74, 6) is -0.309. The number of anilines is 2. The average molecular weight is 414 g/mol. The zero-order chi connectivity index (χ0) is 19.8. The lowest BCUT2D eigenvalue weighted by Crippen LogP contribution is -2.39. The molecule has 0 fully saturated rings. The molecule has 0 atom stereocenters. The minimum atomic E-state index is -0.520. The van der Waals surface area contributed by atoms with Crippen LogP contribution in [0.3, 0.4) is 0 Å². The van der Waals surface area contributed by atoms with Gasteiger partial charge in [-0.15, -0.1) is 10.2 Å². The molecule has 28 heavy (non-hydrogen) atoms. The van der Waals surface area contributed by atoms with E-state index in [0.29, 0.717) is 16.0 Å². The van der Waals surface area contributed by atoms with Crippen LogP contribution in [0.4, 0.5) is 15.6 Å². The second-order valence-electron chi connectivity index (χ2n) is 5.82. The first-order valence-electron chi connectivity index (χ1n) is 8.51. The Kier molecular flexibility index (Phi) is 6.99. The highest BCUT2D eigenvalue weighted by molar-refractivity contribution is 8.01. The summed E-state index contributed by atoms with van der Waals surface area (Å²) < 4.78 is 0.649. The number of aryl methyl sites for hydroxylation is 1. The van der Waals surface area contributed by atoms with Gasteiger partial charge in [0.15, 0.2) is 4.34 Å². The van der Waals surface area contributed by atoms with E-state index in [-0.39, 0.29) is 11.7 Å². The van der Waals surface area contributed by atoms with Crippen LogP contribution in [0.15, 0.2) is 58.9 Å². The van der Waals surface area contributed by atoms with Crippen LogP contribution in [0.2, 0.25) is 0 Å². The van der Waals surface area contributed by atoms with Crippen molar-refractivity contribution in [3.05, 3.63) is 65.7 Å². The lowest BCUT2D eigenvalue weighted by Gasteiger charge is -2.06. The van der Waals surface area contributed by atoms with Crippen LogP contribution < -0.4 is 16.0 Å². The highest BCUT2D eigenvalue weighted by Gasteiger charge is 2.11. The predicted octanol–water partition coefficient (Wildman–Crippen LogP) is 3.71. The maximum Gasteiger partial charge on any atom is 0.321 e. The van der Waals surface area contributed by atoms with Crippen molar-refractivity contribution in [2.75, 3.05) is 11.1 Å². The lowest BCUT2D eigenvalue weighted by molar-refractivity contribution is -0.117. The Morgan fingerprint density at radius 3 is 2.57 bits per heavy atom. The summed E-state index contributed by atoms with van der Waals surface area (Å²) in [6.07, 6.45) is 0. The van der Waals surface area contributed by atoms with Gasteiger partial charge >= 0.3 is 6.03 Å². The normalized spacial score (nSPS) is 10.3. The number of para-hydroxylation sites is 1. The van der Waals surface area contributed by atoms with Gasteiger partial charge in [-0.05, 0) is 24.1 Å². The summed E-state index contributed by atoms with van der Waals surface area (Å²) in [5, 5.41) is 17.0. The van der Waals surface area contributed by atoms with Gasteiger partial charge in [0.25, 0.3) is 0 Å². The van der Waals surface area contributed by atoms with Crippen molar-refractivity contribution in [3.63, 3.8) is 0 Å². The second kappa shape index (κ2) is 9.86. The number of urea groups is 1. The Bertz CT molecular complexity index is 946. The molecule has 9 heteroatoms. The van der Waals surface area contributed by atoms with Crippen LogP contribution in [0.25, 0.3) is 0 Å². The first-order chi connectivity index (χ1) is 13.6. The summed E-state index contributed by atoms with van der Waals surface area (Å²) in [6.45, 7) is 2.36. The molecule has 0 bridgehead atoms. The first-order valence-corrected chi connectivity index (χ1v) is 10.3. The third-order valence-corrected chi connectivity index (χ3v) is 5.64. The summed E-state index contributed by atoms with van der Waals surface area (Å²) in [6, 6.07) is 16.8. The third kappa shape index (κ3) is 6.07. The molecule has 0 aliphatic carbocycles. The summed E-state index contributed by atoms with van der Waals surface area (Å²) in [4.78, 5) is 23.7. The summed E-state index contributed by atoms with van der Waals surface area (Å²) in [5.41, 5.74) is 3.03. The molecule has 7 nitrogen and oxygen atoms in total. The molecule has 144 valence electrons. The predicted molar refractivity (Wildman–Crippen MR) is 112 cm³/mol. The molecule has 0 saturated heterocycles. The van der Waals surface area contributed by atoms with Crippen LogP contribution >= 0.6 is 23.1 Å². The maximum atomic E-state index is 11.9. The monoisotopic (exact) mass is 413 g/mol. The second-order valence-corrected chi connectivity index (χ2v) is 8.02. The molecule has 0 radical (unpaired) electrons. The molecule has 3 N–H and O–H groups in total. The number of amides is 3. The number of thioether (sulfide) groups is 1. The van der Waals surface area contributed by atoms with Crippen molar-refractivity contribution in [1.29, 1.82) is 0 Å². The number of carbonyl (C=O) groups is 2. The molecule has 3 aromatic rings. The number of hydrogen-bond donors (Lipinski definition) is 3. The minimum absolute atomic E-state index is 0.0811. The highest BCUT2D eigenvalue weighted by atomic mass is 32.2. The molecular weight excluding hydrogens is 394 g/mol. The van der Waals surface area contributed by atoms with Crippen molar-refractivity contribution >= 4 is 45.9 Å². The number of carbonyl (C=O) groups excluding carboxylic acids is 2. The molecule has 2 aromatic carbocycles. The van der Waals surface area contributed by atoms with Crippen LogP contribution in [-0.2, 0) is 11.3 Å². The van der Waals surface area contributed by atoms with Crippen LogP contribution in [-0.4, -0.2) is 27.9 Å². The number of hydrogen-bond acceptors (Lipinski definition) is 7. The van der Waals surface area contributed by atoms with Gasteiger partial charge in [-0.2, -0.15) is 0 Å². The molecule has 3 rings (SSSR count). The van der Waals surface area contributed by atoms with Crippen molar-refractivity contribution in [3.8, 4) is 0 Å². The van der Waals surface area contributed by atoms with Crippen molar-refractivity contribution in [2.45, 2.75) is 17.8 Å². The molecular formula is C19H19N5O2S2. The molecule has 0 saturated carbocycles. The van der Waals surface area contributed by atoms with Crippen molar-refractivity contribution in [2.24, 2.45) is 0 Å². The summed E-state index contributed by atoms with van der Waals surface area (Å²) >= 11 is 2.59. The SMILES string of the molecule is Cc1ccccc1Nc1nnc(SCC(=O)NC(=O)NCc2ccccc2)s1. The average Bonchev–Trinajstić information content (AvgIpc) is 3.15. The standard InChI is InChI=1S/C19H19N5O2S2/c1-13-7-5-6-10-15(13)21-18-23-24-19(28-18)27-12-16(25)22-17(26)20-11-14-8-3-2-4-9-14/h2-10H,11-12H2,1H3,(H,21,23)(H2,20,22,25,26). The number of imide groups is 1. The number of nitrogens with zero attached hydrogens (tertiary/aromatic N) is 2. The summed E-state index contributed by atoms with van der Waals surface area (Å²) in [7, 11) is 0. The van der Waals surface area contributed by atoms with E-state index in [0.717, 1.165) is 16.8 Å². The molecule has 0 aliphatic rings. The van der Waals surface area contributed by atoms with E-state index in [1.807, 2.05) is 61.5 Å². The Balaban J connectivity index is 1.41. The van der Waals surface area contributed by atoms with Gasteiger partial charge in [-0.3, -0.25) is 10.1 Å². The van der Waals surface area contributed by atoms with Crippen molar-refractivity contribution < 1.29 is 9.59 Å². The largest absolute Gasteiger partial charge is 0.334 e. The molecule has 0 unspecified atom stereocenters. The molecule has 1 aromatic heterocycles. The van der Waals surface area contributed by atoms with Crippen molar-refractivity contribution in [1.82, 2.24) is 20.8 Å². The number of rotatable bonds is 7. The maximum absolute atomic E-state index is 11.9. The molecule has 1 heterocycles. The third-order valence-electron chi connectivity index (χ3n) is 3.67. The fourth-order valence-electron chi connectivity index (χ4n) is 2.26. The molecule has 0 spiro atoms. The zero-order valence-electron chi connectivity index (χ0n) is 15.1. The lowest BCUT2D eigenvalue weighted by atomic mass is 10.2.